The van der Waals surface area contributed by atoms with Gasteiger partial charge < -0.3 is 23.7 Å². The van der Waals surface area contributed by atoms with Crippen LogP contribution in [0.3, 0.4) is 0 Å². The van der Waals surface area contributed by atoms with Gasteiger partial charge in [0.1, 0.15) is 23.7 Å². The van der Waals surface area contributed by atoms with Crippen molar-refractivity contribution in [2.24, 2.45) is 5.11 Å². The Morgan fingerprint density at radius 3 is 2.50 bits per heavy atom. The van der Waals surface area contributed by atoms with Crippen LogP contribution in [0.4, 0.5) is 0 Å². The summed E-state index contributed by atoms with van der Waals surface area (Å²) >= 11 is 0. The Balaban J connectivity index is 1.67. The first-order chi connectivity index (χ1) is 14.7. The Hall–Kier alpha value is -3.52. The zero-order valence-electron chi connectivity index (χ0n) is 16.2. The van der Waals surface area contributed by atoms with Crippen LogP contribution < -0.4 is 10.4 Å². The molecule has 0 aliphatic heterocycles. The van der Waals surface area contributed by atoms with Crippen molar-refractivity contribution in [2.45, 2.75) is 0 Å². The lowest BCUT2D eigenvalue weighted by Gasteiger charge is -2.13. The molecule has 2 aromatic carbocycles. The smallest absolute Gasteiger partial charge is 0.336 e. The molecule has 0 atom stereocenters. The normalized spacial score (nSPS) is 10.7. The van der Waals surface area contributed by atoms with E-state index in [0.717, 1.165) is 5.56 Å². The first-order valence-electron chi connectivity index (χ1n) is 9.34. The summed E-state index contributed by atoms with van der Waals surface area (Å²) < 4.78 is 21.8. The third-order valence-corrected chi connectivity index (χ3v) is 4.13. The number of ether oxygens (including phenoxy) is 3. The molecule has 0 unspecified atom stereocenters. The van der Waals surface area contributed by atoms with Crippen LogP contribution in [0.25, 0.3) is 32.5 Å². The predicted octanol–water partition coefficient (Wildman–Crippen LogP) is 3.89. The van der Waals surface area contributed by atoms with Crippen molar-refractivity contribution < 1.29 is 23.7 Å². The molecule has 0 bridgehead atoms. The minimum absolute atomic E-state index is 0.0693. The molecule has 9 nitrogen and oxygen atoms in total. The van der Waals surface area contributed by atoms with Gasteiger partial charge in [0, 0.05) is 35.2 Å². The quantitative estimate of drug-likeness (QED) is 0.168. The van der Waals surface area contributed by atoms with Gasteiger partial charge in [0.25, 0.3) is 0 Å². The summed E-state index contributed by atoms with van der Waals surface area (Å²) in [7, 11) is 0. The third-order valence-electron chi connectivity index (χ3n) is 4.13. The number of phenolic OH excluding ortho intramolecular Hbond substituents is 1. The van der Waals surface area contributed by atoms with E-state index < -0.39 is 5.63 Å². The lowest BCUT2D eigenvalue weighted by molar-refractivity contribution is 0.0390. The molecule has 3 aromatic rings. The molecule has 0 amide bonds. The Morgan fingerprint density at radius 2 is 1.73 bits per heavy atom. The van der Waals surface area contributed by atoms with Crippen molar-refractivity contribution in [3.05, 3.63) is 69.4 Å². The molecule has 0 saturated heterocycles. The summed E-state index contributed by atoms with van der Waals surface area (Å²) in [5, 5.41) is 14.0. The maximum atomic E-state index is 12.0. The lowest BCUT2D eigenvalue weighted by atomic mass is 10.0. The molecule has 0 saturated carbocycles. The van der Waals surface area contributed by atoms with Crippen molar-refractivity contribution in [1.82, 2.24) is 0 Å². The maximum absolute atomic E-state index is 12.0. The van der Waals surface area contributed by atoms with Gasteiger partial charge in [0.2, 0.25) is 0 Å². The van der Waals surface area contributed by atoms with E-state index >= 15 is 0 Å². The van der Waals surface area contributed by atoms with Gasteiger partial charge >= 0.3 is 5.63 Å². The highest BCUT2D eigenvalue weighted by Crippen LogP contribution is 2.37. The number of hydrogen-bond donors (Lipinski definition) is 1. The molecule has 1 N–H and O–H groups in total. The second kappa shape index (κ2) is 10.9. The maximum Gasteiger partial charge on any atom is 0.336 e. The summed E-state index contributed by atoms with van der Waals surface area (Å²) in [5.41, 5.74) is 9.39. The average Bonchev–Trinajstić information content (AvgIpc) is 2.74. The Bertz CT molecular complexity index is 1080. The molecule has 156 valence electrons. The van der Waals surface area contributed by atoms with Gasteiger partial charge in [-0.2, -0.15) is 0 Å². The largest absolute Gasteiger partial charge is 0.508 e. The van der Waals surface area contributed by atoms with Gasteiger partial charge in [0.15, 0.2) is 0 Å². The first-order valence-corrected chi connectivity index (χ1v) is 9.34. The molecule has 0 aliphatic carbocycles. The molecule has 1 aromatic heterocycles. The highest BCUT2D eigenvalue weighted by Gasteiger charge is 2.15. The van der Waals surface area contributed by atoms with Crippen molar-refractivity contribution >= 4 is 11.0 Å². The van der Waals surface area contributed by atoms with Crippen LogP contribution in [-0.2, 0) is 9.47 Å². The van der Waals surface area contributed by atoms with Gasteiger partial charge in [0.05, 0.1) is 31.8 Å². The summed E-state index contributed by atoms with van der Waals surface area (Å²) in [6.45, 7) is 1.89. The van der Waals surface area contributed by atoms with E-state index in [0.29, 0.717) is 43.1 Å². The van der Waals surface area contributed by atoms with Crippen LogP contribution in [0.5, 0.6) is 11.5 Å². The number of benzene rings is 2. The topological polar surface area (TPSA) is 127 Å². The van der Waals surface area contributed by atoms with E-state index in [9.17, 15) is 9.90 Å². The second-order valence-electron chi connectivity index (χ2n) is 6.19. The fourth-order valence-electron chi connectivity index (χ4n) is 2.89. The first kappa shape index (κ1) is 21.2. The van der Waals surface area contributed by atoms with Gasteiger partial charge in [-0.05, 0) is 11.1 Å². The molecule has 9 heteroatoms. The number of aromatic hydroxyl groups is 1. The summed E-state index contributed by atoms with van der Waals surface area (Å²) in [5.74, 6) is 0.321. The van der Waals surface area contributed by atoms with Crippen molar-refractivity contribution in [2.75, 3.05) is 39.6 Å². The van der Waals surface area contributed by atoms with E-state index in [2.05, 4.69) is 10.0 Å². The number of hydrogen-bond acceptors (Lipinski definition) is 7. The van der Waals surface area contributed by atoms with E-state index in [1.807, 2.05) is 30.3 Å². The molecule has 0 spiro atoms. The molecule has 1 heterocycles. The van der Waals surface area contributed by atoms with Crippen molar-refractivity contribution in [1.29, 1.82) is 0 Å². The van der Waals surface area contributed by atoms with Crippen LogP contribution in [0.15, 0.2) is 62.9 Å². The molecule has 0 fully saturated rings. The number of phenols is 1. The van der Waals surface area contributed by atoms with Gasteiger partial charge in [-0.15, -0.1) is 0 Å². The van der Waals surface area contributed by atoms with E-state index in [1.54, 1.807) is 0 Å². The van der Waals surface area contributed by atoms with Crippen LogP contribution in [0.1, 0.15) is 0 Å². The molecule has 30 heavy (non-hydrogen) atoms. The highest BCUT2D eigenvalue weighted by molar-refractivity contribution is 5.98. The van der Waals surface area contributed by atoms with Crippen molar-refractivity contribution in [3.63, 3.8) is 0 Å². The van der Waals surface area contributed by atoms with Crippen molar-refractivity contribution in [3.8, 4) is 22.6 Å². The van der Waals surface area contributed by atoms with Crippen LogP contribution >= 0.6 is 0 Å². The van der Waals surface area contributed by atoms with Crippen LogP contribution in [0.2, 0.25) is 0 Å². The number of fused-ring (bicyclic) bond motifs is 1. The minimum Gasteiger partial charge on any atom is -0.508 e. The zero-order valence-corrected chi connectivity index (χ0v) is 16.2. The number of rotatable bonds is 11. The van der Waals surface area contributed by atoms with E-state index in [1.165, 1.54) is 18.2 Å². The number of azide groups is 1. The van der Waals surface area contributed by atoms with Gasteiger partial charge in [-0.1, -0.05) is 35.4 Å². The molecule has 3 rings (SSSR count). The Morgan fingerprint density at radius 1 is 1.00 bits per heavy atom. The second-order valence-corrected chi connectivity index (χ2v) is 6.19. The van der Waals surface area contributed by atoms with Gasteiger partial charge in [-0.25, -0.2) is 4.79 Å². The Kier molecular flexibility index (Phi) is 7.68. The van der Waals surface area contributed by atoms with E-state index in [-0.39, 0.29) is 24.5 Å². The molecular weight excluding hydrogens is 390 g/mol. The minimum atomic E-state index is -0.512. The number of nitrogens with zero attached hydrogens (tertiary/aromatic N) is 3. The fraction of sp³-hybridized carbons (Fsp3) is 0.286. The SMILES string of the molecule is [N-]=[N+]=NCCOCCOCCOc1cc(O)cc2oc(=O)cc(-c3ccccc3)c12. The molecule has 0 radical (unpaired) electrons. The highest BCUT2D eigenvalue weighted by atomic mass is 16.5. The van der Waals surface area contributed by atoms with E-state index in [4.69, 9.17) is 24.2 Å². The summed E-state index contributed by atoms with van der Waals surface area (Å²) in [6.07, 6.45) is 0. The van der Waals surface area contributed by atoms with Crippen LogP contribution in [0, 0.1) is 0 Å². The van der Waals surface area contributed by atoms with Gasteiger partial charge in [-0.3, -0.25) is 0 Å². The lowest BCUT2D eigenvalue weighted by Crippen LogP contribution is -2.12. The summed E-state index contributed by atoms with van der Waals surface area (Å²) in [6, 6.07) is 13.7. The van der Waals surface area contributed by atoms with Crippen LogP contribution in [-0.4, -0.2) is 44.7 Å². The summed E-state index contributed by atoms with van der Waals surface area (Å²) in [4.78, 5) is 14.6. The monoisotopic (exact) mass is 411 g/mol. The predicted molar refractivity (Wildman–Crippen MR) is 111 cm³/mol. The zero-order chi connectivity index (χ0) is 21.2. The Labute approximate surface area is 172 Å². The fourth-order valence-corrected chi connectivity index (χ4v) is 2.89. The standard InChI is InChI=1S/C21H21N3O6/c22-24-23-6-7-27-8-9-28-10-11-29-18-12-16(25)13-19-21(18)17(14-20(26)30-19)15-4-2-1-3-5-15/h1-5,12-14,25H,6-11H2. The molecular formula is C21H21N3O6. The average molecular weight is 411 g/mol. The molecule has 0 aliphatic rings. The third kappa shape index (κ3) is 5.74.